The molecule has 0 fully saturated rings. The third kappa shape index (κ3) is 5.31. The van der Waals surface area contributed by atoms with Crippen molar-refractivity contribution in [3.63, 3.8) is 0 Å². The second kappa shape index (κ2) is 9.42. The predicted molar refractivity (Wildman–Crippen MR) is 94.0 cm³/mol. The molecule has 0 aliphatic rings. The van der Waals surface area contributed by atoms with Crippen LogP contribution in [0.25, 0.3) is 0 Å². The summed E-state index contributed by atoms with van der Waals surface area (Å²) in [6, 6.07) is 21.1. The van der Waals surface area contributed by atoms with Gasteiger partial charge in [0.05, 0.1) is 6.10 Å². The van der Waals surface area contributed by atoms with Crippen molar-refractivity contribution < 1.29 is 4.74 Å². The quantitative estimate of drug-likeness (QED) is 0.504. The highest BCUT2D eigenvalue weighted by atomic mass is 16.5. The Morgan fingerprint density at radius 3 is 1.82 bits per heavy atom. The van der Waals surface area contributed by atoms with Crippen LogP contribution in [-0.4, -0.2) is 6.10 Å². The molecule has 0 aromatic heterocycles. The molecule has 1 nitrogen and oxygen atoms in total. The van der Waals surface area contributed by atoms with E-state index in [2.05, 4.69) is 74.5 Å². The normalized spacial score (nSPS) is 12.5. The molecule has 22 heavy (non-hydrogen) atoms. The van der Waals surface area contributed by atoms with E-state index in [4.69, 9.17) is 4.74 Å². The van der Waals surface area contributed by atoms with Crippen LogP contribution in [0, 0.1) is 0 Å². The van der Waals surface area contributed by atoms with E-state index in [-0.39, 0.29) is 12.2 Å². The minimum absolute atomic E-state index is 0.0311. The minimum Gasteiger partial charge on any atom is -0.366 e. The van der Waals surface area contributed by atoms with E-state index in [0.29, 0.717) is 0 Å². The first kappa shape index (κ1) is 16.8. The molecule has 0 aliphatic heterocycles. The number of benzene rings is 2. The minimum atomic E-state index is 0.0311. The molecule has 0 heterocycles. The van der Waals surface area contributed by atoms with E-state index in [1.807, 2.05) is 0 Å². The summed E-state index contributed by atoms with van der Waals surface area (Å²) < 4.78 is 6.40. The van der Waals surface area contributed by atoms with E-state index in [1.165, 1.54) is 36.8 Å². The summed E-state index contributed by atoms with van der Waals surface area (Å²) in [5.74, 6) is 0. The smallest absolute Gasteiger partial charge is 0.108 e. The SMILES string of the molecule is CCCCCC[C@@H](C)OC(c1ccccc1)c1ccccc1. The summed E-state index contributed by atoms with van der Waals surface area (Å²) in [7, 11) is 0. The van der Waals surface area contributed by atoms with Crippen molar-refractivity contribution in [1.29, 1.82) is 0 Å². The van der Waals surface area contributed by atoms with E-state index >= 15 is 0 Å². The van der Waals surface area contributed by atoms with Crippen molar-refractivity contribution >= 4 is 0 Å². The summed E-state index contributed by atoms with van der Waals surface area (Å²) >= 11 is 0. The Morgan fingerprint density at radius 2 is 1.32 bits per heavy atom. The number of rotatable bonds is 9. The summed E-state index contributed by atoms with van der Waals surface area (Å²) in [4.78, 5) is 0. The van der Waals surface area contributed by atoms with Crippen molar-refractivity contribution in [3.05, 3.63) is 71.8 Å². The predicted octanol–water partition coefficient (Wildman–Crippen LogP) is 6.15. The van der Waals surface area contributed by atoms with E-state index in [1.54, 1.807) is 0 Å². The van der Waals surface area contributed by atoms with Gasteiger partial charge in [0.15, 0.2) is 0 Å². The zero-order chi connectivity index (χ0) is 15.6. The number of hydrogen-bond acceptors (Lipinski definition) is 1. The highest BCUT2D eigenvalue weighted by Gasteiger charge is 2.17. The Hall–Kier alpha value is -1.60. The van der Waals surface area contributed by atoms with Gasteiger partial charge in [-0.15, -0.1) is 0 Å². The first-order valence-corrected chi connectivity index (χ1v) is 8.56. The second-order valence-corrected chi connectivity index (χ2v) is 6.00. The largest absolute Gasteiger partial charge is 0.366 e. The van der Waals surface area contributed by atoms with Crippen molar-refractivity contribution in [1.82, 2.24) is 0 Å². The monoisotopic (exact) mass is 296 g/mol. The molecule has 0 radical (unpaired) electrons. The molecule has 1 heteroatoms. The fraction of sp³-hybridized carbons (Fsp3) is 0.429. The summed E-state index contributed by atoms with van der Waals surface area (Å²) in [5.41, 5.74) is 2.46. The molecule has 0 bridgehead atoms. The maximum atomic E-state index is 6.40. The van der Waals surface area contributed by atoms with Gasteiger partial charge in [0.25, 0.3) is 0 Å². The van der Waals surface area contributed by atoms with Gasteiger partial charge in [-0.25, -0.2) is 0 Å². The van der Waals surface area contributed by atoms with Gasteiger partial charge < -0.3 is 4.74 Å². The number of hydrogen-bond donors (Lipinski definition) is 0. The lowest BCUT2D eigenvalue weighted by molar-refractivity contribution is 0.0133. The van der Waals surface area contributed by atoms with Crippen LogP contribution in [0.3, 0.4) is 0 Å². The molecule has 2 rings (SSSR count). The van der Waals surface area contributed by atoms with Gasteiger partial charge in [-0.3, -0.25) is 0 Å². The Morgan fingerprint density at radius 1 is 0.773 bits per heavy atom. The van der Waals surface area contributed by atoms with Gasteiger partial charge in [-0.05, 0) is 24.5 Å². The molecule has 118 valence electrons. The van der Waals surface area contributed by atoms with E-state index in [9.17, 15) is 0 Å². The van der Waals surface area contributed by atoms with Gasteiger partial charge in [0.1, 0.15) is 6.10 Å². The zero-order valence-electron chi connectivity index (χ0n) is 13.9. The molecule has 0 N–H and O–H groups in total. The van der Waals surface area contributed by atoms with E-state index in [0.717, 1.165) is 6.42 Å². The van der Waals surface area contributed by atoms with Gasteiger partial charge >= 0.3 is 0 Å². The molecule has 0 saturated heterocycles. The first-order valence-electron chi connectivity index (χ1n) is 8.56. The Labute approximate surface area is 135 Å². The van der Waals surface area contributed by atoms with Crippen LogP contribution in [0.1, 0.15) is 63.2 Å². The molecular weight excluding hydrogens is 268 g/mol. The lowest BCUT2D eigenvalue weighted by Crippen LogP contribution is -2.15. The maximum absolute atomic E-state index is 6.40. The molecule has 0 amide bonds. The van der Waals surface area contributed by atoms with Crippen LogP contribution < -0.4 is 0 Å². The van der Waals surface area contributed by atoms with Crippen molar-refractivity contribution in [2.75, 3.05) is 0 Å². The molecule has 0 spiro atoms. The van der Waals surface area contributed by atoms with E-state index < -0.39 is 0 Å². The first-order chi connectivity index (χ1) is 10.8. The van der Waals surface area contributed by atoms with Crippen LogP contribution in [0.15, 0.2) is 60.7 Å². The van der Waals surface area contributed by atoms with Crippen LogP contribution in [-0.2, 0) is 4.74 Å². The van der Waals surface area contributed by atoms with Crippen molar-refractivity contribution in [2.45, 2.75) is 58.2 Å². The third-order valence-electron chi connectivity index (χ3n) is 4.04. The zero-order valence-corrected chi connectivity index (χ0v) is 13.9. The van der Waals surface area contributed by atoms with Crippen LogP contribution >= 0.6 is 0 Å². The molecule has 2 aromatic carbocycles. The fourth-order valence-electron chi connectivity index (χ4n) is 2.76. The average molecular weight is 296 g/mol. The van der Waals surface area contributed by atoms with Crippen LogP contribution in [0.2, 0.25) is 0 Å². The molecule has 0 aliphatic carbocycles. The Bertz CT molecular complexity index is 466. The average Bonchev–Trinajstić information content (AvgIpc) is 2.58. The standard InChI is InChI=1S/C21H28O/c1-3-4-5-8-13-18(2)22-21(19-14-9-6-10-15-19)20-16-11-7-12-17-20/h6-7,9-12,14-18,21H,3-5,8,13H2,1-2H3/t18-/m1/s1. The highest BCUT2D eigenvalue weighted by molar-refractivity contribution is 5.29. The van der Waals surface area contributed by atoms with Gasteiger partial charge in [0, 0.05) is 0 Å². The van der Waals surface area contributed by atoms with Gasteiger partial charge in [-0.1, -0.05) is 93.3 Å². The van der Waals surface area contributed by atoms with Crippen LogP contribution in [0.4, 0.5) is 0 Å². The molecular formula is C21H28O. The van der Waals surface area contributed by atoms with Gasteiger partial charge in [-0.2, -0.15) is 0 Å². The topological polar surface area (TPSA) is 9.23 Å². The summed E-state index contributed by atoms with van der Waals surface area (Å²) in [6.45, 7) is 4.45. The molecule has 1 atom stereocenters. The summed E-state index contributed by atoms with van der Waals surface area (Å²) in [6.07, 6.45) is 6.62. The number of ether oxygens (including phenoxy) is 1. The molecule has 0 saturated carbocycles. The highest BCUT2D eigenvalue weighted by Crippen LogP contribution is 2.28. The summed E-state index contributed by atoms with van der Waals surface area (Å²) in [5, 5.41) is 0. The lowest BCUT2D eigenvalue weighted by Gasteiger charge is -2.23. The van der Waals surface area contributed by atoms with Crippen molar-refractivity contribution in [2.24, 2.45) is 0 Å². The maximum Gasteiger partial charge on any atom is 0.108 e. The number of unbranched alkanes of at least 4 members (excludes halogenated alkanes) is 3. The fourth-order valence-corrected chi connectivity index (χ4v) is 2.76. The Balaban J connectivity index is 2.03. The lowest BCUT2D eigenvalue weighted by atomic mass is 10.0. The third-order valence-corrected chi connectivity index (χ3v) is 4.04. The van der Waals surface area contributed by atoms with Gasteiger partial charge in [0.2, 0.25) is 0 Å². The molecule has 2 aromatic rings. The second-order valence-electron chi connectivity index (χ2n) is 6.00. The molecule has 0 unspecified atom stereocenters. The van der Waals surface area contributed by atoms with Crippen molar-refractivity contribution in [3.8, 4) is 0 Å². The Kier molecular flexibility index (Phi) is 7.18. The van der Waals surface area contributed by atoms with Crippen LogP contribution in [0.5, 0.6) is 0 Å².